The molecule has 2 aliphatic rings. The molecule has 1 aliphatic heterocycles. The lowest BCUT2D eigenvalue weighted by atomic mass is 9.99. The van der Waals surface area contributed by atoms with Gasteiger partial charge in [0, 0.05) is 34.7 Å². The molecule has 2 heterocycles. The van der Waals surface area contributed by atoms with Gasteiger partial charge in [0.05, 0.1) is 0 Å². The number of fused-ring (bicyclic) bond motifs is 4. The Balaban J connectivity index is 1.96. The van der Waals surface area contributed by atoms with E-state index in [2.05, 4.69) is 24.8 Å². The lowest BCUT2D eigenvalue weighted by Crippen LogP contribution is -2.37. The Morgan fingerprint density at radius 3 is 2.77 bits per heavy atom. The van der Waals surface area contributed by atoms with Crippen LogP contribution in [0.1, 0.15) is 42.5 Å². The van der Waals surface area contributed by atoms with Crippen molar-refractivity contribution < 1.29 is 9.15 Å². The van der Waals surface area contributed by atoms with Crippen LogP contribution < -0.4 is 10.4 Å². The first kappa shape index (κ1) is 13.8. The van der Waals surface area contributed by atoms with Crippen molar-refractivity contribution in [2.75, 3.05) is 6.73 Å². The summed E-state index contributed by atoms with van der Waals surface area (Å²) in [6.07, 6.45) is 2.87. The molecule has 0 spiro atoms. The largest absolute Gasteiger partial charge is 0.477 e. The normalized spacial score (nSPS) is 17.6. The van der Waals surface area contributed by atoms with Gasteiger partial charge in [-0.05, 0) is 51.7 Å². The lowest BCUT2D eigenvalue weighted by molar-refractivity contribution is 0.0681. The van der Waals surface area contributed by atoms with E-state index in [4.69, 9.17) is 9.15 Å². The van der Waals surface area contributed by atoms with Crippen LogP contribution in [0.25, 0.3) is 11.0 Å². The first-order valence-corrected chi connectivity index (χ1v) is 8.04. The van der Waals surface area contributed by atoms with Crippen LogP contribution in [0.4, 0.5) is 0 Å². The van der Waals surface area contributed by atoms with E-state index in [1.165, 1.54) is 11.1 Å². The second-order valence-corrected chi connectivity index (χ2v) is 6.68. The molecule has 0 fully saturated rings. The van der Waals surface area contributed by atoms with Crippen LogP contribution in [-0.2, 0) is 19.4 Å². The van der Waals surface area contributed by atoms with Gasteiger partial charge in [0.25, 0.3) is 0 Å². The molecule has 22 heavy (non-hydrogen) atoms. The van der Waals surface area contributed by atoms with Crippen LogP contribution >= 0.6 is 0 Å². The van der Waals surface area contributed by atoms with E-state index in [1.54, 1.807) is 0 Å². The molecule has 0 amide bonds. The van der Waals surface area contributed by atoms with Crippen molar-refractivity contribution in [3.63, 3.8) is 0 Å². The van der Waals surface area contributed by atoms with Gasteiger partial charge in [0.1, 0.15) is 18.1 Å². The molecule has 0 unspecified atom stereocenters. The van der Waals surface area contributed by atoms with Gasteiger partial charge in [0.15, 0.2) is 0 Å². The molecule has 0 bridgehead atoms. The van der Waals surface area contributed by atoms with Crippen molar-refractivity contribution in [3.05, 3.63) is 38.7 Å². The van der Waals surface area contributed by atoms with E-state index in [0.717, 1.165) is 48.1 Å². The number of rotatable bonds is 1. The Labute approximate surface area is 129 Å². The van der Waals surface area contributed by atoms with Gasteiger partial charge in [-0.2, -0.15) is 0 Å². The van der Waals surface area contributed by atoms with Gasteiger partial charge < -0.3 is 9.15 Å². The summed E-state index contributed by atoms with van der Waals surface area (Å²) in [5.41, 5.74) is 4.78. The number of nitrogens with zero attached hydrogens (tertiary/aromatic N) is 1. The van der Waals surface area contributed by atoms with E-state index in [9.17, 15) is 4.79 Å². The highest BCUT2D eigenvalue weighted by atomic mass is 16.5. The van der Waals surface area contributed by atoms with E-state index >= 15 is 0 Å². The minimum Gasteiger partial charge on any atom is -0.477 e. The summed E-state index contributed by atoms with van der Waals surface area (Å²) in [7, 11) is 0. The van der Waals surface area contributed by atoms with Crippen molar-refractivity contribution in [1.29, 1.82) is 0 Å². The maximum Gasteiger partial charge on any atom is 0.339 e. The van der Waals surface area contributed by atoms with Crippen LogP contribution in [0.2, 0.25) is 0 Å². The molecule has 0 atom stereocenters. The minimum absolute atomic E-state index is 0.164. The second-order valence-electron chi connectivity index (χ2n) is 6.68. The quantitative estimate of drug-likeness (QED) is 0.759. The van der Waals surface area contributed by atoms with E-state index < -0.39 is 0 Å². The molecule has 116 valence electrons. The third-order valence-electron chi connectivity index (χ3n) is 5.00. The molecule has 4 rings (SSSR count). The molecular formula is C18H21NO3. The van der Waals surface area contributed by atoms with Gasteiger partial charge in [-0.1, -0.05) is 0 Å². The predicted octanol–water partition coefficient (Wildman–Crippen LogP) is 3.15. The summed E-state index contributed by atoms with van der Waals surface area (Å²) < 4.78 is 11.6. The van der Waals surface area contributed by atoms with E-state index in [1.807, 2.05) is 6.92 Å². The third-order valence-corrected chi connectivity index (χ3v) is 5.00. The summed E-state index contributed by atoms with van der Waals surface area (Å²) in [6.45, 7) is 7.83. The minimum atomic E-state index is -0.164. The van der Waals surface area contributed by atoms with E-state index in [-0.39, 0.29) is 5.63 Å². The van der Waals surface area contributed by atoms with Crippen molar-refractivity contribution in [1.82, 2.24) is 4.90 Å². The Morgan fingerprint density at radius 1 is 1.23 bits per heavy atom. The van der Waals surface area contributed by atoms with Crippen molar-refractivity contribution in [2.45, 2.75) is 52.6 Å². The summed E-state index contributed by atoms with van der Waals surface area (Å²) in [4.78, 5) is 14.5. The van der Waals surface area contributed by atoms with Crippen LogP contribution in [0.15, 0.2) is 15.3 Å². The van der Waals surface area contributed by atoms with Gasteiger partial charge in [-0.25, -0.2) is 4.79 Å². The highest BCUT2D eigenvalue weighted by Gasteiger charge is 2.26. The first-order valence-electron chi connectivity index (χ1n) is 8.04. The fourth-order valence-corrected chi connectivity index (χ4v) is 3.69. The standard InChI is InChI=1S/C18H21NO3/c1-10(2)19-8-12-7-15-13-5-4-6-14(13)18(20)22-17(15)11(3)16(12)21-9-19/h7,10H,4-6,8-9H2,1-3H3. The highest BCUT2D eigenvalue weighted by molar-refractivity contribution is 5.87. The molecule has 0 radical (unpaired) electrons. The van der Waals surface area contributed by atoms with Gasteiger partial charge in [-0.3, -0.25) is 4.90 Å². The van der Waals surface area contributed by atoms with Crippen molar-refractivity contribution in [3.8, 4) is 5.75 Å². The Bertz CT molecular complexity index is 819. The molecule has 0 N–H and O–H groups in total. The Kier molecular flexibility index (Phi) is 3.05. The molecule has 1 aliphatic carbocycles. The van der Waals surface area contributed by atoms with Crippen LogP contribution in [0.3, 0.4) is 0 Å². The lowest BCUT2D eigenvalue weighted by Gasteiger charge is -2.33. The maximum absolute atomic E-state index is 12.2. The summed E-state index contributed by atoms with van der Waals surface area (Å²) in [5.74, 6) is 0.894. The van der Waals surface area contributed by atoms with Gasteiger partial charge in [-0.15, -0.1) is 0 Å². The fourth-order valence-electron chi connectivity index (χ4n) is 3.69. The average molecular weight is 299 g/mol. The van der Waals surface area contributed by atoms with Crippen LogP contribution in [-0.4, -0.2) is 17.7 Å². The monoisotopic (exact) mass is 299 g/mol. The summed E-state index contributed by atoms with van der Waals surface area (Å²) >= 11 is 0. The zero-order valence-electron chi connectivity index (χ0n) is 13.4. The molecule has 0 saturated carbocycles. The summed E-state index contributed by atoms with van der Waals surface area (Å²) in [5, 5.41) is 1.11. The van der Waals surface area contributed by atoms with Crippen molar-refractivity contribution >= 4 is 11.0 Å². The zero-order valence-corrected chi connectivity index (χ0v) is 13.4. The summed E-state index contributed by atoms with van der Waals surface area (Å²) in [6, 6.07) is 2.63. The number of ether oxygens (including phenoxy) is 1. The molecule has 4 heteroatoms. The zero-order chi connectivity index (χ0) is 15.4. The SMILES string of the molecule is Cc1c2c(cc3c4c(c(=O)oc13)CCC4)CN(C(C)C)CO2. The second kappa shape index (κ2) is 4.85. The Hall–Kier alpha value is -1.81. The van der Waals surface area contributed by atoms with Gasteiger partial charge >= 0.3 is 5.63 Å². The smallest absolute Gasteiger partial charge is 0.339 e. The number of aryl methyl sites for hydroxylation is 2. The third kappa shape index (κ3) is 1.90. The van der Waals surface area contributed by atoms with Crippen molar-refractivity contribution in [2.24, 2.45) is 0 Å². The molecule has 4 nitrogen and oxygen atoms in total. The Morgan fingerprint density at radius 2 is 2.00 bits per heavy atom. The average Bonchev–Trinajstić information content (AvgIpc) is 2.99. The molecule has 1 aromatic heterocycles. The fraction of sp³-hybridized carbons (Fsp3) is 0.500. The van der Waals surface area contributed by atoms with E-state index in [0.29, 0.717) is 18.4 Å². The van der Waals surface area contributed by atoms with Gasteiger partial charge in [0.2, 0.25) is 0 Å². The molecule has 0 saturated heterocycles. The highest BCUT2D eigenvalue weighted by Crippen LogP contribution is 2.38. The predicted molar refractivity (Wildman–Crippen MR) is 85.4 cm³/mol. The van der Waals surface area contributed by atoms with Crippen LogP contribution in [0, 0.1) is 6.92 Å². The first-order chi connectivity index (χ1) is 10.6. The maximum atomic E-state index is 12.2. The molecule has 2 aromatic rings. The molecular weight excluding hydrogens is 278 g/mol. The van der Waals surface area contributed by atoms with Crippen LogP contribution in [0.5, 0.6) is 5.75 Å². The number of hydrogen-bond donors (Lipinski definition) is 0. The molecule has 1 aromatic carbocycles. The number of benzene rings is 1. The number of hydrogen-bond acceptors (Lipinski definition) is 4. The topological polar surface area (TPSA) is 42.7 Å².